The molecule has 0 radical (unpaired) electrons. The summed E-state index contributed by atoms with van der Waals surface area (Å²) in [6.07, 6.45) is 1.59. The fraction of sp³-hybridized carbons (Fsp3) is 0. The average molecular weight is 326 g/mol. The first-order valence-corrected chi connectivity index (χ1v) is 6.24. The van der Waals surface area contributed by atoms with Crippen LogP contribution in [0, 0.1) is 5.82 Å². The van der Waals surface area contributed by atoms with E-state index >= 15 is 0 Å². The molecule has 0 saturated carbocycles. The number of pyridine rings is 1. The molecule has 92 valence electrons. The monoisotopic (exact) mass is 325 g/mol. The largest absolute Gasteiger partial charge is 0.389 e. The molecule has 0 amide bonds. The third-order valence-electron chi connectivity index (χ3n) is 2.24. The molecule has 0 atom stereocenters. The van der Waals surface area contributed by atoms with Crippen LogP contribution < -0.4 is 11.1 Å². The lowest BCUT2D eigenvalue weighted by atomic mass is 10.2. The lowest BCUT2D eigenvalue weighted by molar-refractivity contribution is 0.628. The van der Waals surface area contributed by atoms with Gasteiger partial charge in [-0.2, -0.15) is 0 Å². The third-order valence-corrected chi connectivity index (χ3v) is 3.16. The summed E-state index contributed by atoms with van der Waals surface area (Å²) in [6, 6.07) is 7.79. The summed E-state index contributed by atoms with van der Waals surface area (Å²) in [4.78, 5) is 4.41. The molecule has 0 bridgehead atoms. The standard InChI is InChI=1S/C12H9BrFN3S/c13-9-2-1-8(14)6-10(9)17-11-5-7(12(15)18)3-4-16-11/h1-6H,(H2,15,18)(H,16,17). The quantitative estimate of drug-likeness (QED) is 0.849. The van der Waals surface area contributed by atoms with Crippen LogP contribution in [0.15, 0.2) is 41.0 Å². The van der Waals surface area contributed by atoms with Crippen LogP contribution in [0.25, 0.3) is 0 Å². The molecule has 1 aromatic heterocycles. The number of aromatic nitrogens is 1. The van der Waals surface area contributed by atoms with Gasteiger partial charge >= 0.3 is 0 Å². The second-order valence-corrected chi connectivity index (χ2v) is 4.84. The second-order valence-electron chi connectivity index (χ2n) is 3.54. The van der Waals surface area contributed by atoms with Crippen LogP contribution in [-0.2, 0) is 0 Å². The molecule has 0 unspecified atom stereocenters. The number of hydrogen-bond donors (Lipinski definition) is 2. The molecule has 0 aliphatic heterocycles. The first-order valence-electron chi connectivity index (χ1n) is 5.04. The van der Waals surface area contributed by atoms with E-state index in [1.54, 1.807) is 24.4 Å². The smallest absolute Gasteiger partial charge is 0.131 e. The van der Waals surface area contributed by atoms with Crippen molar-refractivity contribution in [3.05, 3.63) is 52.4 Å². The number of benzene rings is 1. The van der Waals surface area contributed by atoms with Gasteiger partial charge in [-0.3, -0.25) is 0 Å². The molecular weight excluding hydrogens is 317 g/mol. The SMILES string of the molecule is NC(=S)c1ccnc(Nc2cc(F)ccc2Br)c1. The van der Waals surface area contributed by atoms with Crippen LogP contribution in [0.3, 0.4) is 0 Å². The van der Waals surface area contributed by atoms with Gasteiger partial charge in [-0.1, -0.05) is 12.2 Å². The molecule has 18 heavy (non-hydrogen) atoms. The number of nitrogens with two attached hydrogens (primary N) is 1. The Kier molecular flexibility index (Phi) is 3.88. The van der Waals surface area contributed by atoms with Crippen molar-refractivity contribution < 1.29 is 4.39 Å². The van der Waals surface area contributed by atoms with E-state index in [2.05, 4.69) is 26.2 Å². The van der Waals surface area contributed by atoms with Crippen LogP contribution >= 0.6 is 28.1 Å². The fourth-order valence-corrected chi connectivity index (χ4v) is 1.86. The molecule has 0 fully saturated rings. The van der Waals surface area contributed by atoms with Crippen LogP contribution in [-0.4, -0.2) is 9.97 Å². The highest BCUT2D eigenvalue weighted by Gasteiger charge is 2.04. The van der Waals surface area contributed by atoms with Gasteiger partial charge in [0.15, 0.2) is 0 Å². The van der Waals surface area contributed by atoms with Crippen molar-refractivity contribution in [2.75, 3.05) is 5.32 Å². The van der Waals surface area contributed by atoms with E-state index in [4.69, 9.17) is 18.0 Å². The van der Waals surface area contributed by atoms with Crippen molar-refractivity contribution in [2.45, 2.75) is 0 Å². The van der Waals surface area contributed by atoms with Gasteiger partial charge in [0.05, 0.1) is 5.69 Å². The van der Waals surface area contributed by atoms with Gasteiger partial charge in [-0.25, -0.2) is 9.37 Å². The molecule has 0 aliphatic rings. The van der Waals surface area contributed by atoms with Gasteiger partial charge in [0.2, 0.25) is 0 Å². The third kappa shape index (κ3) is 3.02. The number of hydrogen-bond acceptors (Lipinski definition) is 3. The first kappa shape index (κ1) is 12.9. The number of nitrogens with zero attached hydrogens (tertiary/aromatic N) is 1. The van der Waals surface area contributed by atoms with Crippen molar-refractivity contribution in [3.8, 4) is 0 Å². The van der Waals surface area contributed by atoms with E-state index in [1.165, 1.54) is 12.1 Å². The van der Waals surface area contributed by atoms with E-state index in [9.17, 15) is 4.39 Å². The first-order chi connectivity index (χ1) is 8.56. The summed E-state index contributed by atoms with van der Waals surface area (Å²) in [6.45, 7) is 0. The highest BCUT2D eigenvalue weighted by Crippen LogP contribution is 2.26. The predicted molar refractivity (Wildman–Crippen MR) is 77.5 cm³/mol. The molecule has 0 aliphatic carbocycles. The minimum atomic E-state index is -0.328. The zero-order chi connectivity index (χ0) is 13.1. The zero-order valence-corrected chi connectivity index (χ0v) is 11.6. The van der Waals surface area contributed by atoms with E-state index in [1.807, 2.05) is 0 Å². The Morgan fingerprint density at radius 1 is 1.33 bits per heavy atom. The highest BCUT2D eigenvalue weighted by atomic mass is 79.9. The highest BCUT2D eigenvalue weighted by molar-refractivity contribution is 9.10. The lowest BCUT2D eigenvalue weighted by Crippen LogP contribution is -2.09. The Hall–Kier alpha value is -1.53. The number of thiocarbonyl (C=S) groups is 1. The maximum Gasteiger partial charge on any atom is 0.131 e. The Bertz CT molecular complexity index is 604. The summed E-state index contributed by atoms with van der Waals surface area (Å²) in [7, 11) is 0. The van der Waals surface area contributed by atoms with Gasteiger partial charge in [0, 0.05) is 16.2 Å². The minimum absolute atomic E-state index is 0.291. The predicted octanol–water partition coefficient (Wildman–Crippen LogP) is 3.36. The van der Waals surface area contributed by atoms with Crippen LogP contribution in [0.1, 0.15) is 5.56 Å². The Morgan fingerprint density at radius 3 is 2.83 bits per heavy atom. The van der Waals surface area contributed by atoms with E-state index in [0.717, 1.165) is 4.47 Å². The molecule has 2 aromatic rings. The van der Waals surface area contributed by atoms with Crippen LogP contribution in [0.5, 0.6) is 0 Å². The second kappa shape index (κ2) is 5.41. The number of anilines is 2. The molecule has 3 nitrogen and oxygen atoms in total. The molecule has 0 spiro atoms. The zero-order valence-electron chi connectivity index (χ0n) is 9.15. The summed E-state index contributed by atoms with van der Waals surface area (Å²) in [5, 5.41) is 3.00. The molecule has 3 N–H and O–H groups in total. The molecule has 6 heteroatoms. The summed E-state index contributed by atoms with van der Waals surface area (Å²) in [5.41, 5.74) is 6.83. The lowest BCUT2D eigenvalue weighted by Gasteiger charge is -2.08. The van der Waals surface area contributed by atoms with Gasteiger partial charge in [-0.15, -0.1) is 0 Å². The minimum Gasteiger partial charge on any atom is -0.389 e. The van der Waals surface area contributed by atoms with Gasteiger partial charge in [0.25, 0.3) is 0 Å². The number of halogens is 2. The maximum absolute atomic E-state index is 13.1. The van der Waals surface area contributed by atoms with Crippen molar-refractivity contribution >= 4 is 44.6 Å². The average Bonchev–Trinajstić information content (AvgIpc) is 2.34. The molecule has 1 heterocycles. The number of rotatable bonds is 3. The van der Waals surface area contributed by atoms with Gasteiger partial charge in [0.1, 0.15) is 16.6 Å². The topological polar surface area (TPSA) is 50.9 Å². The van der Waals surface area contributed by atoms with E-state index in [-0.39, 0.29) is 5.82 Å². The molecular formula is C12H9BrFN3S. The Balaban J connectivity index is 2.31. The summed E-state index contributed by atoms with van der Waals surface area (Å²) in [5.74, 6) is 0.220. The Morgan fingerprint density at radius 2 is 2.11 bits per heavy atom. The van der Waals surface area contributed by atoms with E-state index in [0.29, 0.717) is 22.1 Å². The van der Waals surface area contributed by atoms with Gasteiger partial charge in [-0.05, 0) is 46.3 Å². The summed E-state index contributed by atoms with van der Waals surface area (Å²) < 4.78 is 13.9. The molecule has 0 saturated heterocycles. The normalized spacial score (nSPS) is 10.1. The van der Waals surface area contributed by atoms with Crippen LogP contribution in [0.4, 0.5) is 15.9 Å². The van der Waals surface area contributed by atoms with Crippen molar-refractivity contribution in [1.29, 1.82) is 0 Å². The molecule has 1 aromatic carbocycles. The van der Waals surface area contributed by atoms with Crippen molar-refractivity contribution in [2.24, 2.45) is 5.73 Å². The van der Waals surface area contributed by atoms with Gasteiger partial charge < -0.3 is 11.1 Å². The van der Waals surface area contributed by atoms with Crippen LogP contribution in [0.2, 0.25) is 0 Å². The Labute approximate surface area is 117 Å². The van der Waals surface area contributed by atoms with E-state index < -0.39 is 0 Å². The summed E-state index contributed by atoms with van der Waals surface area (Å²) >= 11 is 8.21. The molecule has 2 rings (SSSR count). The number of nitrogens with one attached hydrogen (secondary N) is 1. The van der Waals surface area contributed by atoms with Crippen molar-refractivity contribution in [1.82, 2.24) is 4.98 Å². The van der Waals surface area contributed by atoms with Crippen molar-refractivity contribution in [3.63, 3.8) is 0 Å². The maximum atomic E-state index is 13.1. The fourth-order valence-electron chi connectivity index (χ4n) is 1.38.